The van der Waals surface area contributed by atoms with Gasteiger partial charge >= 0.3 is 0 Å². The van der Waals surface area contributed by atoms with E-state index in [4.69, 9.17) is 18.7 Å². The minimum Gasteiger partial charge on any atom is -0.496 e. The van der Waals surface area contributed by atoms with Crippen molar-refractivity contribution in [3.63, 3.8) is 0 Å². The lowest BCUT2D eigenvalue weighted by molar-refractivity contribution is 0.269. The van der Waals surface area contributed by atoms with E-state index in [-0.39, 0.29) is 28.8 Å². The maximum Gasteiger partial charge on any atom is 0.270 e. The molecule has 2 aromatic heterocycles. The van der Waals surface area contributed by atoms with Crippen LogP contribution in [0.4, 0.5) is 5.82 Å². The fraction of sp³-hybridized carbons (Fsp3) is 0.238. The summed E-state index contributed by atoms with van der Waals surface area (Å²) in [5, 5.41) is 17.9. The topological polar surface area (TPSA) is 138 Å². The van der Waals surface area contributed by atoms with Gasteiger partial charge in [-0.25, -0.2) is 8.42 Å². The van der Waals surface area contributed by atoms with Crippen molar-refractivity contribution in [2.24, 2.45) is 0 Å². The van der Waals surface area contributed by atoms with Crippen molar-refractivity contribution in [1.29, 1.82) is 0 Å². The van der Waals surface area contributed by atoms with Gasteiger partial charge in [-0.1, -0.05) is 11.2 Å². The van der Waals surface area contributed by atoms with Gasteiger partial charge in [0.25, 0.3) is 10.0 Å². The fourth-order valence-electron chi connectivity index (χ4n) is 3.48. The van der Waals surface area contributed by atoms with E-state index in [1.54, 1.807) is 35.1 Å². The Morgan fingerprint density at radius 2 is 1.76 bits per heavy atom. The number of sulfonamides is 1. The molecule has 0 unspecified atom stereocenters. The lowest BCUT2D eigenvalue weighted by Crippen LogP contribution is -2.15. The lowest BCUT2D eigenvalue weighted by Gasteiger charge is -2.14. The van der Waals surface area contributed by atoms with E-state index in [9.17, 15) is 13.5 Å². The number of aromatic nitrogens is 3. The molecule has 33 heavy (non-hydrogen) atoms. The second-order valence-corrected chi connectivity index (χ2v) is 8.56. The van der Waals surface area contributed by atoms with E-state index in [1.165, 1.54) is 33.5 Å². The zero-order chi connectivity index (χ0) is 23.6. The molecule has 2 aromatic carbocycles. The zero-order valence-corrected chi connectivity index (χ0v) is 18.9. The van der Waals surface area contributed by atoms with Gasteiger partial charge in [0.1, 0.15) is 22.6 Å². The molecule has 174 valence electrons. The Labute approximate surface area is 189 Å². The van der Waals surface area contributed by atoms with E-state index < -0.39 is 10.0 Å². The minimum absolute atomic E-state index is 0.0449. The normalized spacial score (nSPS) is 11.5. The molecule has 2 N–H and O–H groups in total. The van der Waals surface area contributed by atoms with Gasteiger partial charge in [0.05, 0.1) is 40.2 Å². The van der Waals surface area contributed by atoms with Crippen molar-refractivity contribution in [2.75, 3.05) is 26.1 Å². The standard InChI is InChI=1S/C21H22N4O7S/c1-29-15-5-4-6-16(30-2)20(15)33(27,28)24-21-19-17(31-3)9-13(10-18(19)32-23-21)11-25-14(12-26)7-8-22-25/h4-10,26H,11-12H2,1-3H3,(H,23,24). The number of methoxy groups -OCH3 is 3. The molecule has 0 amide bonds. The highest BCUT2D eigenvalue weighted by Gasteiger charge is 2.28. The Morgan fingerprint density at radius 1 is 1.06 bits per heavy atom. The first-order valence-corrected chi connectivity index (χ1v) is 11.2. The first-order chi connectivity index (χ1) is 15.9. The quantitative estimate of drug-likeness (QED) is 0.374. The molecule has 0 aliphatic heterocycles. The second-order valence-electron chi connectivity index (χ2n) is 6.94. The third-order valence-electron chi connectivity index (χ3n) is 5.00. The highest BCUT2D eigenvalue weighted by Crippen LogP contribution is 2.38. The number of hydrogen-bond acceptors (Lipinski definition) is 9. The van der Waals surface area contributed by atoms with Crippen molar-refractivity contribution in [3.8, 4) is 17.2 Å². The summed E-state index contributed by atoms with van der Waals surface area (Å²) in [6, 6.07) is 9.79. The monoisotopic (exact) mass is 474 g/mol. The molecule has 12 heteroatoms. The third-order valence-corrected chi connectivity index (χ3v) is 6.40. The Kier molecular flexibility index (Phi) is 6.11. The molecule has 2 heterocycles. The van der Waals surface area contributed by atoms with Gasteiger partial charge in [0.2, 0.25) is 0 Å². The SMILES string of the molecule is COc1cccc(OC)c1S(=O)(=O)Nc1noc2cc(Cn3nccc3CO)cc(OC)c12. The van der Waals surface area contributed by atoms with Crippen LogP contribution in [0.1, 0.15) is 11.3 Å². The average molecular weight is 474 g/mol. The lowest BCUT2D eigenvalue weighted by atomic mass is 10.1. The average Bonchev–Trinajstić information content (AvgIpc) is 3.44. The summed E-state index contributed by atoms with van der Waals surface area (Å²) in [6.45, 7) is 0.190. The van der Waals surface area contributed by atoms with Gasteiger partial charge in [-0.15, -0.1) is 0 Å². The molecule has 4 aromatic rings. The predicted molar refractivity (Wildman–Crippen MR) is 118 cm³/mol. The van der Waals surface area contributed by atoms with Gasteiger partial charge in [-0.2, -0.15) is 5.10 Å². The highest BCUT2D eigenvalue weighted by atomic mass is 32.2. The molecule has 0 aliphatic carbocycles. The van der Waals surface area contributed by atoms with Crippen LogP contribution in [0.5, 0.6) is 17.2 Å². The number of anilines is 1. The van der Waals surface area contributed by atoms with Crippen molar-refractivity contribution >= 4 is 26.8 Å². The summed E-state index contributed by atoms with van der Waals surface area (Å²) in [5.41, 5.74) is 1.72. The van der Waals surface area contributed by atoms with Crippen LogP contribution >= 0.6 is 0 Å². The number of fused-ring (bicyclic) bond motifs is 1. The van der Waals surface area contributed by atoms with E-state index in [0.29, 0.717) is 29.0 Å². The van der Waals surface area contributed by atoms with Gasteiger partial charge in [0, 0.05) is 6.20 Å². The van der Waals surface area contributed by atoms with Crippen LogP contribution in [-0.2, 0) is 23.2 Å². The summed E-state index contributed by atoms with van der Waals surface area (Å²) in [6.07, 6.45) is 1.59. The molecular weight excluding hydrogens is 452 g/mol. The molecule has 0 radical (unpaired) electrons. The van der Waals surface area contributed by atoms with Gasteiger partial charge in [0.15, 0.2) is 16.3 Å². The summed E-state index contributed by atoms with van der Waals surface area (Å²) in [4.78, 5) is -0.169. The van der Waals surface area contributed by atoms with Crippen LogP contribution in [0.2, 0.25) is 0 Å². The van der Waals surface area contributed by atoms with Crippen LogP contribution in [0, 0.1) is 0 Å². The smallest absolute Gasteiger partial charge is 0.270 e. The number of rotatable bonds is 9. The Bertz CT molecular complexity index is 1370. The number of nitrogens with zero attached hydrogens (tertiary/aromatic N) is 3. The van der Waals surface area contributed by atoms with Crippen molar-refractivity contribution in [2.45, 2.75) is 18.0 Å². The van der Waals surface area contributed by atoms with Crippen LogP contribution in [0.25, 0.3) is 11.0 Å². The number of aliphatic hydroxyl groups is 1. The Morgan fingerprint density at radius 3 is 2.39 bits per heavy atom. The molecular formula is C21H22N4O7S. The van der Waals surface area contributed by atoms with Gasteiger partial charge in [-0.3, -0.25) is 9.40 Å². The summed E-state index contributed by atoms with van der Waals surface area (Å²) >= 11 is 0. The summed E-state index contributed by atoms with van der Waals surface area (Å²) in [5.74, 6) is 0.535. The molecule has 4 rings (SSSR count). The zero-order valence-electron chi connectivity index (χ0n) is 18.1. The van der Waals surface area contributed by atoms with Crippen molar-refractivity contribution in [1.82, 2.24) is 14.9 Å². The Hall–Kier alpha value is -3.77. The Balaban J connectivity index is 1.74. The van der Waals surface area contributed by atoms with Crippen molar-refractivity contribution < 1.29 is 32.3 Å². The number of hydrogen-bond donors (Lipinski definition) is 2. The first kappa shape index (κ1) is 22.4. The van der Waals surface area contributed by atoms with E-state index in [0.717, 1.165) is 5.56 Å². The van der Waals surface area contributed by atoms with E-state index >= 15 is 0 Å². The molecule has 0 aliphatic rings. The maximum absolute atomic E-state index is 13.2. The molecule has 0 atom stereocenters. The number of ether oxygens (including phenoxy) is 3. The first-order valence-electron chi connectivity index (χ1n) is 9.73. The molecule has 11 nitrogen and oxygen atoms in total. The van der Waals surface area contributed by atoms with Crippen LogP contribution in [0.3, 0.4) is 0 Å². The predicted octanol–water partition coefficient (Wildman–Crippen LogP) is 2.39. The maximum atomic E-state index is 13.2. The third kappa shape index (κ3) is 4.17. The summed E-state index contributed by atoms with van der Waals surface area (Å²) in [7, 11) is 0.0266. The highest BCUT2D eigenvalue weighted by molar-refractivity contribution is 7.93. The van der Waals surface area contributed by atoms with Gasteiger partial charge in [-0.05, 0) is 35.9 Å². The van der Waals surface area contributed by atoms with E-state index in [1.807, 2.05) is 0 Å². The molecule has 0 spiro atoms. The van der Waals surface area contributed by atoms with Crippen molar-refractivity contribution in [3.05, 3.63) is 53.9 Å². The molecule has 0 bridgehead atoms. The number of aliphatic hydroxyl groups excluding tert-OH is 1. The van der Waals surface area contributed by atoms with Gasteiger partial charge < -0.3 is 23.8 Å². The minimum atomic E-state index is -4.17. The largest absolute Gasteiger partial charge is 0.496 e. The molecule has 0 saturated carbocycles. The number of nitrogens with one attached hydrogen (secondary N) is 1. The number of benzene rings is 2. The summed E-state index contributed by atoms with van der Waals surface area (Å²) < 4.78 is 51.8. The fourth-order valence-corrected chi connectivity index (χ4v) is 4.81. The second kappa shape index (κ2) is 9.00. The molecule has 0 fully saturated rings. The van der Waals surface area contributed by atoms with Crippen LogP contribution < -0.4 is 18.9 Å². The molecule has 0 saturated heterocycles. The van der Waals surface area contributed by atoms with Crippen LogP contribution in [-0.4, -0.2) is 49.8 Å². The van der Waals surface area contributed by atoms with Crippen LogP contribution in [0.15, 0.2) is 52.0 Å². The van der Waals surface area contributed by atoms with E-state index in [2.05, 4.69) is 15.0 Å².